The van der Waals surface area contributed by atoms with Crippen molar-refractivity contribution in [1.29, 1.82) is 0 Å². The van der Waals surface area contributed by atoms with E-state index in [-0.39, 0.29) is 23.8 Å². The molecular weight excluding hydrogens is 405 g/mol. The summed E-state index contributed by atoms with van der Waals surface area (Å²) >= 11 is 6.21. The van der Waals surface area contributed by atoms with Crippen LogP contribution < -0.4 is 4.74 Å². The lowest BCUT2D eigenvalue weighted by molar-refractivity contribution is 0.0978. The van der Waals surface area contributed by atoms with E-state index in [0.29, 0.717) is 6.42 Å². The van der Waals surface area contributed by atoms with Gasteiger partial charge < -0.3 is 9.64 Å². The third kappa shape index (κ3) is 6.74. The molecule has 2 aromatic rings. The number of nitrogens with zero attached hydrogens (tertiary/aromatic N) is 1. The van der Waals surface area contributed by atoms with Gasteiger partial charge in [0.2, 0.25) is 0 Å². The van der Waals surface area contributed by atoms with E-state index in [2.05, 4.69) is 31.9 Å². The van der Waals surface area contributed by atoms with Crippen molar-refractivity contribution in [3.8, 4) is 5.75 Å². The molecule has 0 saturated heterocycles. The summed E-state index contributed by atoms with van der Waals surface area (Å²) in [5, 5.41) is 0.838. The van der Waals surface area contributed by atoms with Crippen molar-refractivity contribution in [3.63, 3.8) is 0 Å². The largest absolute Gasteiger partial charge is 0.487 e. The highest BCUT2D eigenvalue weighted by Gasteiger charge is 2.30. The van der Waals surface area contributed by atoms with Crippen molar-refractivity contribution in [2.24, 2.45) is 0 Å². The van der Waals surface area contributed by atoms with Crippen LogP contribution in [0.3, 0.4) is 0 Å². The number of fused-ring (bicyclic) bond motifs is 1. The van der Waals surface area contributed by atoms with Crippen molar-refractivity contribution in [3.05, 3.63) is 64.2 Å². The molecule has 1 heterocycles. The van der Waals surface area contributed by atoms with E-state index in [9.17, 15) is 4.79 Å². The lowest BCUT2D eigenvalue weighted by atomic mass is 9.98. The summed E-state index contributed by atoms with van der Waals surface area (Å²) in [7, 11) is 2.13. The first-order valence-electron chi connectivity index (χ1n) is 10.1. The molecule has 3 nitrogen and oxygen atoms in total. The quantitative estimate of drug-likeness (QED) is 0.357. The zero-order chi connectivity index (χ0) is 20.1. The Morgan fingerprint density at radius 1 is 1.14 bits per heavy atom. The Morgan fingerprint density at radius 2 is 1.90 bits per heavy atom. The van der Waals surface area contributed by atoms with Crippen LogP contribution in [0.25, 0.3) is 0 Å². The van der Waals surface area contributed by atoms with E-state index in [1.54, 1.807) is 0 Å². The first-order chi connectivity index (χ1) is 13.3. The van der Waals surface area contributed by atoms with Crippen LogP contribution in [-0.2, 0) is 12.8 Å². The molecule has 0 aliphatic carbocycles. The van der Waals surface area contributed by atoms with Crippen LogP contribution in [0.5, 0.6) is 5.75 Å². The van der Waals surface area contributed by atoms with Gasteiger partial charge >= 0.3 is 0 Å². The topological polar surface area (TPSA) is 29.5 Å². The number of benzene rings is 2. The van der Waals surface area contributed by atoms with Gasteiger partial charge in [0.25, 0.3) is 0 Å². The number of rotatable bonds is 9. The minimum absolute atomic E-state index is 0. The first kappa shape index (κ1) is 23.7. The van der Waals surface area contributed by atoms with Crippen LogP contribution in [0, 0.1) is 0 Å². The van der Waals surface area contributed by atoms with Gasteiger partial charge in [0.1, 0.15) is 11.4 Å². The molecular formula is C24H31Cl2NO2. The zero-order valence-electron chi connectivity index (χ0n) is 17.5. The van der Waals surface area contributed by atoms with Crippen LogP contribution in [0.15, 0.2) is 42.5 Å². The summed E-state index contributed by atoms with van der Waals surface area (Å²) in [6.07, 6.45) is 4.34. The van der Waals surface area contributed by atoms with Crippen LogP contribution >= 0.6 is 24.0 Å². The maximum absolute atomic E-state index is 12.5. The molecule has 1 aliphatic rings. The molecule has 2 aromatic carbocycles. The van der Waals surface area contributed by atoms with E-state index in [4.69, 9.17) is 16.3 Å². The highest BCUT2D eigenvalue weighted by atomic mass is 35.5. The SMILES string of the molecule is CN(CCCCC(=O)c1ccc2c(c1)CC(C)(C)O2)CCc1ccccc1Cl.Cl. The van der Waals surface area contributed by atoms with Gasteiger partial charge in [0.05, 0.1) is 0 Å². The Labute approximate surface area is 185 Å². The highest BCUT2D eigenvalue weighted by Crippen LogP contribution is 2.35. The molecule has 29 heavy (non-hydrogen) atoms. The standard InChI is InChI=1S/C24H30ClNO2.ClH/c1-24(2)17-20-16-19(11-12-23(20)28-24)22(27)10-6-7-14-26(3)15-13-18-8-4-5-9-21(18)25;/h4-5,8-9,11-12,16H,6-7,10,13-15,17H2,1-3H3;1H. The lowest BCUT2D eigenvalue weighted by Gasteiger charge is -2.16. The Balaban J connectivity index is 0.00000300. The summed E-state index contributed by atoms with van der Waals surface area (Å²) in [6, 6.07) is 13.9. The molecule has 0 fully saturated rings. The molecule has 1 aliphatic heterocycles. The van der Waals surface area contributed by atoms with E-state index in [1.165, 1.54) is 5.56 Å². The summed E-state index contributed by atoms with van der Waals surface area (Å²) in [6.45, 7) is 6.12. The van der Waals surface area contributed by atoms with Crippen molar-refractivity contribution in [1.82, 2.24) is 4.90 Å². The van der Waals surface area contributed by atoms with E-state index in [0.717, 1.165) is 60.7 Å². The smallest absolute Gasteiger partial charge is 0.162 e. The van der Waals surface area contributed by atoms with Crippen molar-refractivity contribution in [2.75, 3.05) is 20.1 Å². The van der Waals surface area contributed by atoms with E-state index in [1.807, 2.05) is 36.4 Å². The summed E-state index contributed by atoms with van der Waals surface area (Å²) in [4.78, 5) is 14.8. The molecule has 0 spiro atoms. The van der Waals surface area contributed by atoms with Gasteiger partial charge in [0.15, 0.2) is 5.78 Å². The predicted octanol–water partition coefficient (Wildman–Crippen LogP) is 6.00. The van der Waals surface area contributed by atoms with Crippen LogP contribution in [-0.4, -0.2) is 36.4 Å². The van der Waals surface area contributed by atoms with Gasteiger partial charge in [-0.15, -0.1) is 12.4 Å². The minimum Gasteiger partial charge on any atom is -0.487 e. The van der Waals surface area contributed by atoms with Crippen molar-refractivity contribution >= 4 is 29.8 Å². The van der Waals surface area contributed by atoms with Crippen molar-refractivity contribution < 1.29 is 9.53 Å². The van der Waals surface area contributed by atoms with Crippen molar-refractivity contribution in [2.45, 2.75) is 51.6 Å². The monoisotopic (exact) mass is 435 g/mol. The van der Waals surface area contributed by atoms with Gasteiger partial charge in [-0.25, -0.2) is 0 Å². The molecule has 0 amide bonds. The van der Waals surface area contributed by atoms with Gasteiger partial charge in [-0.3, -0.25) is 4.79 Å². The number of Topliss-reactive ketones (excluding diaryl/α,β-unsaturated/α-hetero) is 1. The Hall–Kier alpha value is -1.55. The van der Waals surface area contributed by atoms with E-state index < -0.39 is 0 Å². The van der Waals surface area contributed by atoms with Gasteiger partial charge in [-0.2, -0.15) is 0 Å². The van der Waals surface area contributed by atoms with Crippen LogP contribution in [0.1, 0.15) is 54.6 Å². The zero-order valence-corrected chi connectivity index (χ0v) is 19.1. The molecule has 158 valence electrons. The molecule has 0 bridgehead atoms. The molecule has 3 rings (SSSR count). The fourth-order valence-electron chi connectivity index (χ4n) is 3.72. The number of hydrogen-bond acceptors (Lipinski definition) is 3. The first-order valence-corrected chi connectivity index (χ1v) is 10.5. The van der Waals surface area contributed by atoms with Gasteiger partial charge in [0, 0.05) is 30.0 Å². The Morgan fingerprint density at radius 3 is 2.66 bits per heavy atom. The van der Waals surface area contributed by atoms with Crippen LogP contribution in [0.2, 0.25) is 5.02 Å². The number of hydrogen-bond donors (Lipinski definition) is 0. The third-order valence-electron chi connectivity index (χ3n) is 5.30. The lowest BCUT2D eigenvalue weighted by Crippen LogP contribution is -2.24. The maximum atomic E-state index is 12.5. The molecule has 0 N–H and O–H groups in total. The number of likely N-dealkylation sites (N-methyl/N-ethyl adjacent to an activating group) is 1. The third-order valence-corrected chi connectivity index (χ3v) is 5.67. The molecule has 0 radical (unpaired) electrons. The second kappa shape index (κ2) is 10.5. The number of ketones is 1. The number of ether oxygens (including phenoxy) is 1. The predicted molar refractivity (Wildman–Crippen MR) is 123 cm³/mol. The summed E-state index contributed by atoms with van der Waals surface area (Å²) < 4.78 is 5.89. The van der Waals surface area contributed by atoms with Gasteiger partial charge in [-0.05, 0) is 82.1 Å². The molecule has 0 atom stereocenters. The molecule has 0 aromatic heterocycles. The second-order valence-electron chi connectivity index (χ2n) is 8.39. The summed E-state index contributed by atoms with van der Waals surface area (Å²) in [5.74, 6) is 1.15. The number of halogens is 2. The Kier molecular flexibility index (Phi) is 8.57. The fourth-order valence-corrected chi connectivity index (χ4v) is 3.95. The Bertz CT molecular complexity index is 835. The van der Waals surface area contributed by atoms with Gasteiger partial charge in [-0.1, -0.05) is 29.8 Å². The number of carbonyl (C=O) groups is 1. The number of carbonyl (C=O) groups excluding carboxylic acids is 1. The number of unbranched alkanes of at least 4 members (excludes halogenated alkanes) is 1. The molecule has 0 unspecified atom stereocenters. The fraction of sp³-hybridized carbons (Fsp3) is 0.458. The van der Waals surface area contributed by atoms with Crippen LogP contribution in [0.4, 0.5) is 0 Å². The molecule has 5 heteroatoms. The summed E-state index contributed by atoms with van der Waals surface area (Å²) in [5.41, 5.74) is 2.98. The second-order valence-corrected chi connectivity index (χ2v) is 8.79. The molecule has 0 saturated carbocycles. The minimum atomic E-state index is -0.168. The average Bonchev–Trinajstić information content (AvgIpc) is 2.97. The average molecular weight is 436 g/mol. The maximum Gasteiger partial charge on any atom is 0.162 e. The highest BCUT2D eigenvalue weighted by molar-refractivity contribution is 6.31. The normalized spacial score (nSPS) is 14.2. The van der Waals surface area contributed by atoms with E-state index >= 15 is 0 Å².